The van der Waals surface area contributed by atoms with Crippen LogP contribution < -0.4 is 24.8 Å². The van der Waals surface area contributed by atoms with E-state index in [-0.39, 0.29) is 45.0 Å². The third-order valence-electron chi connectivity index (χ3n) is 6.60. The summed E-state index contributed by atoms with van der Waals surface area (Å²) in [5.41, 5.74) is -4.58. The molecule has 0 aliphatic carbocycles. The maximum atomic E-state index is 14.3. The standard InChI is InChI=1S/C28H26ClF4N3O6/c1-40-20-9-10-23(36-24(20)15-5-7-18(30)17(29)12-15)27(39,28(31,32)33)14-35-25(37)16-6-8-19(22(13-16)41-2)42-21-4-3-11-34-26(21)38/h5-10,12-13,21,39H,3-4,11,14H2,1-2H3,(H,34,38)(H,35,37)/t21?,27-/m1/s1. The minimum atomic E-state index is -5.28. The quantitative estimate of drug-likeness (QED) is 0.307. The number of amides is 2. The first-order valence-electron chi connectivity index (χ1n) is 12.6. The van der Waals surface area contributed by atoms with Crippen molar-refractivity contribution in [3.8, 4) is 28.5 Å². The van der Waals surface area contributed by atoms with E-state index < -0.39 is 41.8 Å². The van der Waals surface area contributed by atoms with E-state index in [1.807, 2.05) is 0 Å². The Bertz CT molecular complexity index is 1490. The molecule has 1 saturated heterocycles. The highest BCUT2D eigenvalue weighted by Gasteiger charge is 2.56. The summed E-state index contributed by atoms with van der Waals surface area (Å²) in [4.78, 5) is 28.9. The molecule has 1 aliphatic rings. The highest BCUT2D eigenvalue weighted by atomic mass is 35.5. The number of carbonyl (C=O) groups excluding carboxylic acids is 2. The predicted molar refractivity (Wildman–Crippen MR) is 143 cm³/mol. The molecule has 2 aromatic carbocycles. The minimum Gasteiger partial charge on any atom is -0.494 e. The molecule has 14 heteroatoms. The number of halogens is 5. The first-order valence-corrected chi connectivity index (χ1v) is 13.0. The van der Waals surface area contributed by atoms with Gasteiger partial charge in [0.2, 0.25) is 5.60 Å². The average Bonchev–Trinajstić information content (AvgIpc) is 2.97. The topological polar surface area (TPSA) is 119 Å². The summed E-state index contributed by atoms with van der Waals surface area (Å²) in [6.07, 6.45) is -4.86. The second kappa shape index (κ2) is 12.4. The second-order valence-corrected chi connectivity index (χ2v) is 9.73. The van der Waals surface area contributed by atoms with Gasteiger partial charge >= 0.3 is 6.18 Å². The number of carbonyl (C=O) groups is 2. The number of alkyl halides is 3. The zero-order valence-electron chi connectivity index (χ0n) is 22.4. The molecule has 42 heavy (non-hydrogen) atoms. The van der Waals surface area contributed by atoms with Gasteiger partial charge in [0.1, 0.15) is 17.3 Å². The molecule has 3 aromatic rings. The molecule has 2 amide bonds. The van der Waals surface area contributed by atoms with Gasteiger partial charge in [-0.15, -0.1) is 0 Å². The van der Waals surface area contributed by atoms with Gasteiger partial charge in [-0.25, -0.2) is 9.37 Å². The number of nitrogens with one attached hydrogen (secondary N) is 2. The summed E-state index contributed by atoms with van der Waals surface area (Å²) in [6.45, 7) is -0.770. The molecule has 2 atom stereocenters. The SMILES string of the molecule is COc1cc(C(=O)NC[C@@](O)(c2ccc(OC)c(-c3ccc(F)c(Cl)c3)n2)C(F)(F)F)ccc1OC1CCCNC1=O. The van der Waals surface area contributed by atoms with Gasteiger partial charge in [0.15, 0.2) is 17.6 Å². The first kappa shape index (κ1) is 30.8. The maximum Gasteiger partial charge on any atom is 0.424 e. The molecule has 4 rings (SSSR count). The highest BCUT2D eigenvalue weighted by molar-refractivity contribution is 6.31. The summed E-state index contributed by atoms with van der Waals surface area (Å²) in [7, 11) is 2.56. The predicted octanol–water partition coefficient (Wildman–Crippen LogP) is 4.40. The number of hydrogen-bond donors (Lipinski definition) is 3. The van der Waals surface area contributed by atoms with E-state index in [2.05, 4.69) is 15.6 Å². The number of rotatable bonds is 9. The van der Waals surface area contributed by atoms with Crippen molar-refractivity contribution in [3.05, 3.63) is 70.6 Å². The van der Waals surface area contributed by atoms with E-state index in [1.54, 1.807) is 0 Å². The number of piperidine rings is 1. The first-order chi connectivity index (χ1) is 19.9. The zero-order valence-corrected chi connectivity index (χ0v) is 23.1. The number of benzene rings is 2. The van der Waals surface area contributed by atoms with E-state index in [0.29, 0.717) is 19.4 Å². The van der Waals surface area contributed by atoms with Crippen molar-refractivity contribution in [2.24, 2.45) is 0 Å². The van der Waals surface area contributed by atoms with E-state index in [9.17, 15) is 32.3 Å². The molecule has 1 aliphatic heterocycles. The Morgan fingerprint density at radius 2 is 1.81 bits per heavy atom. The number of pyridine rings is 1. The van der Waals surface area contributed by atoms with Gasteiger partial charge in [-0.2, -0.15) is 13.2 Å². The van der Waals surface area contributed by atoms with Gasteiger partial charge < -0.3 is 30.0 Å². The van der Waals surface area contributed by atoms with Crippen LogP contribution in [0.25, 0.3) is 11.3 Å². The van der Waals surface area contributed by atoms with Gasteiger partial charge in [-0.1, -0.05) is 11.6 Å². The Morgan fingerprint density at radius 1 is 1.10 bits per heavy atom. The fourth-order valence-corrected chi connectivity index (χ4v) is 4.43. The number of nitrogens with zero attached hydrogens (tertiary/aromatic N) is 1. The van der Waals surface area contributed by atoms with Crippen molar-refractivity contribution in [2.75, 3.05) is 27.3 Å². The van der Waals surface area contributed by atoms with Crippen LogP contribution in [0.4, 0.5) is 17.6 Å². The average molecular weight is 612 g/mol. The number of methoxy groups -OCH3 is 2. The number of aromatic nitrogens is 1. The van der Waals surface area contributed by atoms with Gasteiger partial charge in [-0.05, 0) is 61.4 Å². The van der Waals surface area contributed by atoms with E-state index in [4.69, 9.17) is 25.8 Å². The third kappa shape index (κ3) is 6.36. The molecule has 224 valence electrons. The summed E-state index contributed by atoms with van der Waals surface area (Å²) in [5.74, 6) is -1.73. The molecule has 1 aromatic heterocycles. The normalized spacial score (nSPS) is 16.7. The summed E-state index contributed by atoms with van der Waals surface area (Å²) >= 11 is 5.84. The number of ether oxygens (including phenoxy) is 3. The molecule has 2 heterocycles. The second-order valence-electron chi connectivity index (χ2n) is 9.32. The fourth-order valence-electron chi connectivity index (χ4n) is 4.25. The van der Waals surface area contributed by atoms with Crippen LogP contribution in [0.15, 0.2) is 48.5 Å². The van der Waals surface area contributed by atoms with Crippen molar-refractivity contribution in [1.82, 2.24) is 15.6 Å². The number of hydrogen-bond acceptors (Lipinski definition) is 7. The molecule has 3 N–H and O–H groups in total. The Balaban J connectivity index is 1.59. The van der Waals surface area contributed by atoms with Gasteiger partial charge in [0.05, 0.1) is 31.5 Å². The van der Waals surface area contributed by atoms with E-state index in [1.165, 1.54) is 38.5 Å². The lowest BCUT2D eigenvalue weighted by atomic mass is 9.96. The molecular weight excluding hydrogens is 586 g/mol. The Kier molecular flexibility index (Phi) is 9.12. The smallest absolute Gasteiger partial charge is 0.424 e. The molecule has 0 bridgehead atoms. The van der Waals surface area contributed by atoms with Crippen LogP contribution in [0.5, 0.6) is 17.2 Å². The zero-order chi connectivity index (χ0) is 30.7. The van der Waals surface area contributed by atoms with E-state index in [0.717, 1.165) is 24.3 Å². The van der Waals surface area contributed by atoms with Crippen molar-refractivity contribution in [1.29, 1.82) is 0 Å². The van der Waals surface area contributed by atoms with Crippen LogP contribution in [0, 0.1) is 5.82 Å². The largest absolute Gasteiger partial charge is 0.494 e. The van der Waals surface area contributed by atoms with Gasteiger partial charge in [-0.3, -0.25) is 9.59 Å². The van der Waals surface area contributed by atoms with Crippen molar-refractivity contribution in [3.63, 3.8) is 0 Å². The van der Waals surface area contributed by atoms with Crippen molar-refractivity contribution >= 4 is 23.4 Å². The summed E-state index contributed by atoms with van der Waals surface area (Å²) in [6, 6.07) is 9.34. The Hall–Kier alpha value is -4.10. The molecule has 1 unspecified atom stereocenters. The van der Waals surface area contributed by atoms with Crippen LogP contribution >= 0.6 is 11.6 Å². The molecule has 0 radical (unpaired) electrons. The fraction of sp³-hybridized carbons (Fsp3) is 0.321. The van der Waals surface area contributed by atoms with Crippen LogP contribution in [-0.2, 0) is 10.4 Å². The summed E-state index contributed by atoms with van der Waals surface area (Å²) < 4.78 is 72.7. The van der Waals surface area contributed by atoms with E-state index >= 15 is 0 Å². The minimum absolute atomic E-state index is 0.0371. The molecule has 9 nitrogen and oxygen atoms in total. The van der Waals surface area contributed by atoms with Gasteiger partial charge in [0, 0.05) is 17.7 Å². The monoisotopic (exact) mass is 611 g/mol. The molecule has 0 saturated carbocycles. The number of aliphatic hydroxyl groups is 1. The molecule has 0 spiro atoms. The third-order valence-corrected chi connectivity index (χ3v) is 6.89. The highest BCUT2D eigenvalue weighted by Crippen LogP contribution is 2.40. The Labute approximate surface area is 242 Å². The Morgan fingerprint density at radius 3 is 2.45 bits per heavy atom. The summed E-state index contributed by atoms with van der Waals surface area (Å²) in [5, 5.41) is 15.4. The lowest BCUT2D eigenvalue weighted by Gasteiger charge is -2.30. The van der Waals surface area contributed by atoms with Crippen LogP contribution in [0.3, 0.4) is 0 Å². The van der Waals surface area contributed by atoms with Crippen molar-refractivity contribution < 1.29 is 46.5 Å². The van der Waals surface area contributed by atoms with Crippen LogP contribution in [0.2, 0.25) is 5.02 Å². The van der Waals surface area contributed by atoms with Gasteiger partial charge in [0.25, 0.3) is 11.8 Å². The molecular formula is C28H26ClF4N3O6. The lowest BCUT2D eigenvalue weighted by Crippen LogP contribution is -2.51. The maximum absolute atomic E-state index is 14.3. The van der Waals surface area contributed by atoms with Crippen LogP contribution in [-0.4, -0.2) is 61.5 Å². The molecule has 1 fully saturated rings. The van der Waals surface area contributed by atoms with Crippen LogP contribution in [0.1, 0.15) is 28.9 Å². The van der Waals surface area contributed by atoms with Crippen molar-refractivity contribution in [2.45, 2.75) is 30.7 Å². The lowest BCUT2D eigenvalue weighted by molar-refractivity contribution is -0.265.